The first kappa shape index (κ1) is 17.0. The fourth-order valence-electron chi connectivity index (χ4n) is 2.93. The molecule has 2 aromatic rings. The molecule has 0 saturated carbocycles. The standard InChI is InChI=1S/C15H18ClN3O4S/c1-19(9-4-5-24(20,21)8-9)14-10-6-12(22-2)13(23-3)7-11(10)17-15(16)18-14/h6-7,9H,4-5,8H2,1-3H3. The van der Waals surface area contributed by atoms with Gasteiger partial charge < -0.3 is 14.4 Å². The maximum atomic E-state index is 11.8. The highest BCUT2D eigenvalue weighted by Gasteiger charge is 2.32. The van der Waals surface area contributed by atoms with E-state index in [4.69, 9.17) is 21.1 Å². The number of nitrogens with zero attached hydrogens (tertiary/aromatic N) is 3. The molecule has 1 saturated heterocycles. The van der Waals surface area contributed by atoms with Crippen molar-refractivity contribution in [3.8, 4) is 11.5 Å². The van der Waals surface area contributed by atoms with E-state index in [0.29, 0.717) is 29.3 Å². The molecule has 1 fully saturated rings. The van der Waals surface area contributed by atoms with Crippen LogP contribution in [0.1, 0.15) is 6.42 Å². The van der Waals surface area contributed by atoms with Crippen molar-refractivity contribution in [2.45, 2.75) is 12.5 Å². The van der Waals surface area contributed by atoms with E-state index in [0.717, 1.165) is 5.39 Å². The molecule has 0 aliphatic carbocycles. The Kier molecular flexibility index (Phi) is 4.44. The van der Waals surface area contributed by atoms with Gasteiger partial charge in [0.05, 0.1) is 31.2 Å². The molecule has 1 aromatic carbocycles. The lowest BCUT2D eigenvalue weighted by atomic mass is 10.1. The van der Waals surface area contributed by atoms with E-state index >= 15 is 0 Å². The van der Waals surface area contributed by atoms with Crippen molar-refractivity contribution in [1.82, 2.24) is 9.97 Å². The lowest BCUT2D eigenvalue weighted by Crippen LogP contribution is -2.33. The van der Waals surface area contributed by atoms with Crippen molar-refractivity contribution in [1.29, 1.82) is 0 Å². The van der Waals surface area contributed by atoms with Crippen molar-refractivity contribution in [3.63, 3.8) is 0 Å². The van der Waals surface area contributed by atoms with Crippen molar-refractivity contribution < 1.29 is 17.9 Å². The van der Waals surface area contributed by atoms with Crippen LogP contribution >= 0.6 is 11.6 Å². The summed E-state index contributed by atoms with van der Waals surface area (Å²) in [5.74, 6) is 1.96. The van der Waals surface area contributed by atoms with Gasteiger partial charge in [-0.1, -0.05) is 0 Å². The second-order valence-electron chi connectivity index (χ2n) is 5.71. The van der Waals surface area contributed by atoms with Crippen LogP contribution in [0.3, 0.4) is 0 Å². The summed E-state index contributed by atoms with van der Waals surface area (Å²) >= 11 is 6.06. The molecule has 1 unspecified atom stereocenters. The summed E-state index contributed by atoms with van der Waals surface area (Å²) in [5.41, 5.74) is 0.607. The second-order valence-corrected chi connectivity index (χ2v) is 8.28. The van der Waals surface area contributed by atoms with Crippen LogP contribution < -0.4 is 14.4 Å². The molecule has 1 aliphatic heterocycles. The van der Waals surface area contributed by atoms with Gasteiger partial charge in [0.25, 0.3) is 0 Å². The SMILES string of the molecule is COc1cc2nc(Cl)nc(N(C)C3CCS(=O)(=O)C3)c2cc1OC. The maximum absolute atomic E-state index is 11.8. The molecule has 1 aliphatic rings. The molecular weight excluding hydrogens is 354 g/mol. The molecule has 9 heteroatoms. The Labute approximate surface area is 145 Å². The zero-order chi connectivity index (χ0) is 17.5. The molecule has 1 aromatic heterocycles. The number of methoxy groups -OCH3 is 2. The summed E-state index contributed by atoms with van der Waals surface area (Å²) in [4.78, 5) is 10.4. The van der Waals surface area contributed by atoms with Crippen LogP contribution in [0.4, 0.5) is 5.82 Å². The number of rotatable bonds is 4. The summed E-state index contributed by atoms with van der Waals surface area (Å²) in [6, 6.07) is 3.36. The second kappa shape index (κ2) is 6.25. The molecule has 24 heavy (non-hydrogen) atoms. The summed E-state index contributed by atoms with van der Waals surface area (Å²) in [6.45, 7) is 0. The van der Waals surface area contributed by atoms with Crippen molar-refractivity contribution in [3.05, 3.63) is 17.4 Å². The third kappa shape index (κ3) is 3.08. The molecule has 7 nitrogen and oxygen atoms in total. The number of benzene rings is 1. The van der Waals surface area contributed by atoms with Gasteiger partial charge in [-0.2, -0.15) is 4.98 Å². The van der Waals surface area contributed by atoms with Gasteiger partial charge in [0.2, 0.25) is 5.28 Å². The lowest BCUT2D eigenvalue weighted by molar-refractivity contribution is 0.356. The molecule has 3 rings (SSSR count). The topological polar surface area (TPSA) is 81.6 Å². The first-order valence-electron chi connectivity index (χ1n) is 7.37. The quantitative estimate of drug-likeness (QED) is 0.759. The van der Waals surface area contributed by atoms with Crippen LogP contribution in [0.25, 0.3) is 10.9 Å². The third-order valence-corrected chi connectivity index (χ3v) is 6.16. The summed E-state index contributed by atoms with van der Waals surface area (Å²) in [5, 5.41) is 0.821. The van der Waals surface area contributed by atoms with E-state index in [2.05, 4.69) is 9.97 Å². The highest BCUT2D eigenvalue weighted by atomic mass is 35.5. The van der Waals surface area contributed by atoms with Crippen LogP contribution in [-0.4, -0.2) is 57.2 Å². The van der Waals surface area contributed by atoms with E-state index in [1.54, 1.807) is 26.4 Å². The van der Waals surface area contributed by atoms with Crippen LogP contribution in [-0.2, 0) is 9.84 Å². The minimum absolute atomic E-state index is 0.0948. The Morgan fingerprint density at radius 2 is 1.88 bits per heavy atom. The monoisotopic (exact) mass is 371 g/mol. The Balaban J connectivity index is 2.13. The fraction of sp³-hybridized carbons (Fsp3) is 0.467. The minimum atomic E-state index is -3.00. The highest BCUT2D eigenvalue weighted by molar-refractivity contribution is 7.91. The lowest BCUT2D eigenvalue weighted by Gasteiger charge is -2.26. The van der Waals surface area contributed by atoms with Crippen LogP contribution in [0.5, 0.6) is 11.5 Å². The van der Waals surface area contributed by atoms with E-state index in [1.165, 1.54) is 0 Å². The van der Waals surface area contributed by atoms with Gasteiger partial charge in [0.1, 0.15) is 5.82 Å². The van der Waals surface area contributed by atoms with Crippen LogP contribution in [0.15, 0.2) is 12.1 Å². The largest absolute Gasteiger partial charge is 0.493 e. The summed E-state index contributed by atoms with van der Waals surface area (Å²) < 4.78 is 34.2. The molecule has 0 amide bonds. The van der Waals surface area contributed by atoms with Crippen molar-refractivity contribution >= 4 is 38.2 Å². The van der Waals surface area contributed by atoms with Gasteiger partial charge in [0, 0.05) is 24.5 Å². The van der Waals surface area contributed by atoms with E-state index in [1.807, 2.05) is 11.9 Å². The Bertz CT molecular complexity index is 888. The Morgan fingerprint density at radius 3 is 2.46 bits per heavy atom. The number of hydrogen-bond acceptors (Lipinski definition) is 7. The summed E-state index contributed by atoms with van der Waals surface area (Å²) in [7, 11) is 1.92. The molecule has 0 radical (unpaired) electrons. The average Bonchev–Trinajstić information content (AvgIpc) is 2.92. The molecular formula is C15H18ClN3O4S. The maximum Gasteiger partial charge on any atom is 0.224 e. The van der Waals surface area contributed by atoms with E-state index < -0.39 is 9.84 Å². The predicted octanol–water partition coefficient (Wildman–Crippen LogP) is 1.92. The smallest absolute Gasteiger partial charge is 0.224 e. The van der Waals surface area contributed by atoms with Gasteiger partial charge in [-0.15, -0.1) is 0 Å². The molecule has 0 spiro atoms. The number of hydrogen-bond donors (Lipinski definition) is 0. The number of ether oxygens (including phenoxy) is 2. The normalized spacial score (nSPS) is 19.4. The van der Waals surface area contributed by atoms with Gasteiger partial charge in [-0.3, -0.25) is 0 Å². The number of anilines is 1. The van der Waals surface area contributed by atoms with Gasteiger partial charge >= 0.3 is 0 Å². The third-order valence-electron chi connectivity index (χ3n) is 4.24. The first-order chi connectivity index (χ1) is 11.3. The first-order valence-corrected chi connectivity index (χ1v) is 9.57. The Morgan fingerprint density at radius 1 is 1.21 bits per heavy atom. The van der Waals surface area contributed by atoms with E-state index in [-0.39, 0.29) is 22.8 Å². The van der Waals surface area contributed by atoms with Crippen LogP contribution in [0, 0.1) is 0 Å². The predicted molar refractivity (Wildman–Crippen MR) is 93.1 cm³/mol. The van der Waals surface area contributed by atoms with Gasteiger partial charge in [-0.05, 0) is 24.1 Å². The fourth-order valence-corrected chi connectivity index (χ4v) is 4.88. The summed E-state index contributed by atoms with van der Waals surface area (Å²) in [6.07, 6.45) is 0.565. The Hall–Kier alpha value is -1.80. The van der Waals surface area contributed by atoms with Crippen molar-refractivity contribution in [2.24, 2.45) is 0 Å². The van der Waals surface area contributed by atoms with Gasteiger partial charge in [-0.25, -0.2) is 13.4 Å². The molecule has 2 heterocycles. The number of aromatic nitrogens is 2. The van der Waals surface area contributed by atoms with Gasteiger partial charge in [0.15, 0.2) is 21.3 Å². The van der Waals surface area contributed by atoms with Crippen LogP contribution in [0.2, 0.25) is 5.28 Å². The number of halogens is 1. The molecule has 0 bridgehead atoms. The number of fused-ring (bicyclic) bond motifs is 1. The zero-order valence-corrected chi connectivity index (χ0v) is 15.2. The van der Waals surface area contributed by atoms with Crippen molar-refractivity contribution in [2.75, 3.05) is 37.7 Å². The zero-order valence-electron chi connectivity index (χ0n) is 13.6. The highest BCUT2D eigenvalue weighted by Crippen LogP contribution is 2.36. The van der Waals surface area contributed by atoms with E-state index in [9.17, 15) is 8.42 Å². The molecule has 130 valence electrons. The molecule has 1 atom stereocenters. The minimum Gasteiger partial charge on any atom is -0.493 e. The number of sulfone groups is 1. The molecule has 0 N–H and O–H groups in total. The average molecular weight is 372 g/mol.